The molecular weight excluding hydrogens is 538 g/mol. The Balaban J connectivity index is 1.35. The number of ether oxygens (including phenoxy) is 1. The van der Waals surface area contributed by atoms with Gasteiger partial charge in [0.2, 0.25) is 0 Å². The maximum Gasteiger partial charge on any atom is 0.273 e. The van der Waals surface area contributed by atoms with E-state index in [2.05, 4.69) is 31.3 Å². The molecule has 5 rings (SSSR count). The zero-order valence-corrected chi connectivity index (χ0v) is 23.1. The molecular formula is C27H22ClN7O3S. The number of carbonyl (C=O) groups is 2. The molecule has 2 amide bonds. The molecule has 0 saturated carbocycles. The van der Waals surface area contributed by atoms with Crippen LogP contribution in [0.1, 0.15) is 53.9 Å². The van der Waals surface area contributed by atoms with Gasteiger partial charge < -0.3 is 9.64 Å². The molecule has 0 radical (unpaired) electrons. The highest BCUT2D eigenvalue weighted by Crippen LogP contribution is 2.35. The highest BCUT2D eigenvalue weighted by Gasteiger charge is 2.30. The monoisotopic (exact) mass is 559 g/mol. The van der Waals surface area contributed by atoms with Gasteiger partial charge in [-0.05, 0) is 44.5 Å². The van der Waals surface area contributed by atoms with E-state index >= 15 is 0 Å². The highest BCUT2D eigenvalue weighted by atomic mass is 35.5. The highest BCUT2D eigenvalue weighted by molar-refractivity contribution is 7.16. The van der Waals surface area contributed by atoms with Gasteiger partial charge >= 0.3 is 0 Å². The lowest BCUT2D eigenvalue weighted by atomic mass is 10.0. The van der Waals surface area contributed by atoms with Crippen LogP contribution in [0, 0.1) is 32.1 Å². The molecule has 39 heavy (non-hydrogen) atoms. The molecule has 4 aromatic heterocycles. The van der Waals surface area contributed by atoms with Crippen molar-refractivity contribution >= 4 is 39.9 Å². The number of halogens is 1. The van der Waals surface area contributed by atoms with Crippen LogP contribution in [-0.2, 0) is 13.1 Å². The lowest BCUT2D eigenvalue weighted by molar-refractivity contribution is 0.0743. The van der Waals surface area contributed by atoms with Crippen molar-refractivity contribution in [2.75, 3.05) is 12.4 Å². The standard InChI is InChI=1S/C27H22ClN7O3S/c1-13-5-16(8-29)15(3)32-24(13)26(37)35-11-20-22(12-35)39-27(33-20)34-25(36)19-9-30-14(2)6-17(19)18-7-23(28)31-10-21(18)38-4/h5-7,9-10H,11-12H2,1-4H3,(H,33,34,36). The molecule has 4 aromatic rings. The molecule has 10 nitrogen and oxygen atoms in total. The van der Waals surface area contributed by atoms with E-state index in [1.165, 1.54) is 30.8 Å². The van der Waals surface area contributed by atoms with Crippen LogP contribution in [0.25, 0.3) is 11.1 Å². The lowest BCUT2D eigenvalue weighted by Crippen LogP contribution is -2.27. The minimum atomic E-state index is -0.388. The second-order valence-electron chi connectivity index (χ2n) is 8.98. The van der Waals surface area contributed by atoms with Crippen molar-refractivity contribution < 1.29 is 14.3 Å². The normalized spacial score (nSPS) is 12.2. The van der Waals surface area contributed by atoms with Crippen LogP contribution >= 0.6 is 22.9 Å². The molecule has 0 aromatic carbocycles. The minimum Gasteiger partial charge on any atom is -0.494 e. The second-order valence-corrected chi connectivity index (χ2v) is 10.5. The molecule has 0 saturated heterocycles. The third-order valence-electron chi connectivity index (χ3n) is 6.32. The SMILES string of the molecule is COc1cnc(Cl)cc1-c1cc(C)ncc1C(=O)Nc1nc2c(s1)CN(C(=O)c1nc(C)c(C#N)cc1C)C2. The smallest absolute Gasteiger partial charge is 0.273 e. The molecule has 0 atom stereocenters. The first kappa shape index (κ1) is 26.2. The van der Waals surface area contributed by atoms with Crippen LogP contribution in [0.4, 0.5) is 5.13 Å². The maximum atomic E-state index is 13.3. The molecule has 0 spiro atoms. The summed E-state index contributed by atoms with van der Waals surface area (Å²) in [6, 6.07) is 7.19. The van der Waals surface area contributed by atoms with Crippen molar-refractivity contribution in [2.24, 2.45) is 0 Å². The molecule has 5 heterocycles. The van der Waals surface area contributed by atoms with Crippen molar-refractivity contribution in [1.82, 2.24) is 24.8 Å². The fourth-order valence-corrected chi connectivity index (χ4v) is 5.48. The first-order chi connectivity index (χ1) is 18.7. The summed E-state index contributed by atoms with van der Waals surface area (Å²) >= 11 is 7.45. The van der Waals surface area contributed by atoms with Crippen molar-refractivity contribution in [3.63, 3.8) is 0 Å². The summed E-state index contributed by atoms with van der Waals surface area (Å²) in [5, 5.41) is 12.8. The summed E-state index contributed by atoms with van der Waals surface area (Å²) in [4.78, 5) is 46.3. The van der Waals surface area contributed by atoms with Crippen molar-refractivity contribution in [3.8, 4) is 22.9 Å². The lowest BCUT2D eigenvalue weighted by Gasteiger charge is -2.17. The van der Waals surface area contributed by atoms with Gasteiger partial charge in [-0.15, -0.1) is 0 Å². The average molecular weight is 560 g/mol. The number of aromatic nitrogens is 4. The topological polar surface area (TPSA) is 134 Å². The Morgan fingerprint density at radius 2 is 1.90 bits per heavy atom. The summed E-state index contributed by atoms with van der Waals surface area (Å²) in [6.07, 6.45) is 3.01. The zero-order valence-electron chi connectivity index (χ0n) is 21.5. The van der Waals surface area contributed by atoms with Gasteiger partial charge in [0.15, 0.2) is 5.13 Å². The first-order valence-electron chi connectivity index (χ1n) is 11.8. The number of rotatable bonds is 5. The number of anilines is 1. The molecule has 0 bridgehead atoms. The Morgan fingerprint density at radius 3 is 2.62 bits per heavy atom. The molecule has 1 aliphatic rings. The van der Waals surface area contributed by atoms with E-state index in [0.29, 0.717) is 63.2 Å². The van der Waals surface area contributed by atoms with E-state index in [1.54, 1.807) is 36.9 Å². The van der Waals surface area contributed by atoms with E-state index in [0.717, 1.165) is 16.3 Å². The third-order valence-corrected chi connectivity index (χ3v) is 7.52. The zero-order chi connectivity index (χ0) is 27.8. The second kappa shape index (κ2) is 10.4. The van der Waals surface area contributed by atoms with Crippen LogP contribution in [-0.4, -0.2) is 43.8 Å². The van der Waals surface area contributed by atoms with Crippen LogP contribution in [0.2, 0.25) is 5.15 Å². The molecule has 0 fully saturated rings. The van der Waals surface area contributed by atoms with Gasteiger partial charge in [0.05, 0.1) is 53.8 Å². The Labute approximate surface area is 233 Å². The van der Waals surface area contributed by atoms with E-state index in [4.69, 9.17) is 16.3 Å². The molecule has 1 N–H and O–H groups in total. The molecule has 0 aliphatic carbocycles. The molecule has 12 heteroatoms. The summed E-state index contributed by atoms with van der Waals surface area (Å²) < 4.78 is 5.44. The molecule has 0 unspecified atom stereocenters. The third kappa shape index (κ3) is 5.04. The number of pyridine rings is 3. The maximum absolute atomic E-state index is 13.3. The van der Waals surface area contributed by atoms with Gasteiger partial charge in [-0.3, -0.25) is 19.9 Å². The van der Waals surface area contributed by atoms with Crippen molar-refractivity contribution in [1.29, 1.82) is 5.26 Å². The number of hydrogen-bond donors (Lipinski definition) is 1. The summed E-state index contributed by atoms with van der Waals surface area (Å²) in [5.41, 5.74) is 4.91. The van der Waals surface area contributed by atoms with Crippen LogP contribution < -0.4 is 10.1 Å². The number of amides is 2. The first-order valence-corrected chi connectivity index (χ1v) is 13.0. The number of fused-ring (bicyclic) bond motifs is 1. The fourth-order valence-electron chi connectivity index (χ4n) is 4.34. The number of aryl methyl sites for hydroxylation is 3. The van der Waals surface area contributed by atoms with Crippen LogP contribution in [0.3, 0.4) is 0 Å². The molecule has 1 aliphatic heterocycles. The number of hydrogen-bond acceptors (Lipinski definition) is 9. The summed E-state index contributed by atoms with van der Waals surface area (Å²) in [6.45, 7) is 5.95. The fraction of sp³-hybridized carbons (Fsp3) is 0.222. The summed E-state index contributed by atoms with van der Waals surface area (Å²) in [5.74, 6) is -0.142. The van der Waals surface area contributed by atoms with Gasteiger partial charge in [-0.2, -0.15) is 5.26 Å². The van der Waals surface area contributed by atoms with E-state index in [1.807, 2.05) is 6.92 Å². The number of nitriles is 1. The van der Waals surface area contributed by atoms with Gasteiger partial charge in [0, 0.05) is 23.0 Å². The van der Waals surface area contributed by atoms with Gasteiger partial charge in [-0.1, -0.05) is 22.9 Å². The van der Waals surface area contributed by atoms with E-state index in [-0.39, 0.29) is 17.0 Å². The van der Waals surface area contributed by atoms with Crippen LogP contribution in [0.5, 0.6) is 5.75 Å². The van der Waals surface area contributed by atoms with E-state index < -0.39 is 0 Å². The quantitative estimate of drug-likeness (QED) is 0.342. The van der Waals surface area contributed by atoms with Gasteiger partial charge in [0.25, 0.3) is 11.8 Å². The minimum absolute atomic E-state index is 0.226. The van der Waals surface area contributed by atoms with Gasteiger partial charge in [0.1, 0.15) is 22.7 Å². The Bertz CT molecular complexity index is 1670. The Morgan fingerprint density at radius 1 is 1.10 bits per heavy atom. The predicted octanol–water partition coefficient (Wildman–Crippen LogP) is 4.86. The summed E-state index contributed by atoms with van der Waals surface area (Å²) in [7, 11) is 1.52. The van der Waals surface area contributed by atoms with Crippen molar-refractivity contribution in [2.45, 2.75) is 33.9 Å². The number of methoxy groups -OCH3 is 1. The largest absolute Gasteiger partial charge is 0.494 e. The van der Waals surface area contributed by atoms with Crippen molar-refractivity contribution in [3.05, 3.63) is 80.1 Å². The average Bonchev–Trinajstić information content (AvgIpc) is 3.48. The Kier molecular flexibility index (Phi) is 6.99. The van der Waals surface area contributed by atoms with Gasteiger partial charge in [-0.25, -0.2) is 15.0 Å². The van der Waals surface area contributed by atoms with E-state index in [9.17, 15) is 14.9 Å². The number of nitrogens with zero attached hydrogens (tertiary/aromatic N) is 6. The number of thiazole rings is 1. The van der Waals surface area contributed by atoms with Crippen LogP contribution in [0.15, 0.2) is 30.6 Å². The number of carbonyl (C=O) groups excluding carboxylic acids is 2. The molecule has 196 valence electrons. The predicted molar refractivity (Wildman–Crippen MR) is 146 cm³/mol. The Hall–Kier alpha value is -4.40. The number of nitrogens with one attached hydrogen (secondary N) is 1.